The molecular formula is C12H9NO5. The highest BCUT2D eigenvalue weighted by atomic mass is 16.6. The summed E-state index contributed by atoms with van der Waals surface area (Å²) in [6.45, 7) is 0.00668. The van der Waals surface area contributed by atoms with Crippen LogP contribution in [0.4, 0.5) is 5.69 Å². The van der Waals surface area contributed by atoms with Gasteiger partial charge >= 0.3 is 12.4 Å². The summed E-state index contributed by atoms with van der Waals surface area (Å²) in [6.07, 6.45) is 0.242. The number of amides is 2. The highest BCUT2D eigenvalue weighted by Gasteiger charge is 2.32. The quantitative estimate of drug-likeness (QED) is 0.339. The second-order valence-corrected chi connectivity index (χ2v) is 3.64. The molecule has 0 aliphatic carbocycles. The molecule has 18 heavy (non-hydrogen) atoms. The van der Waals surface area contributed by atoms with Crippen LogP contribution in [0.1, 0.15) is 23.2 Å². The van der Waals surface area contributed by atoms with Crippen molar-refractivity contribution < 1.29 is 23.9 Å². The van der Waals surface area contributed by atoms with Gasteiger partial charge in [0.2, 0.25) is 11.8 Å². The van der Waals surface area contributed by atoms with Crippen molar-refractivity contribution in [1.29, 1.82) is 0 Å². The summed E-state index contributed by atoms with van der Waals surface area (Å²) >= 11 is 0. The maximum absolute atomic E-state index is 11.6. The number of benzene rings is 1. The van der Waals surface area contributed by atoms with Gasteiger partial charge in [0.15, 0.2) is 0 Å². The van der Waals surface area contributed by atoms with E-state index in [1.165, 1.54) is 12.1 Å². The van der Waals surface area contributed by atoms with Gasteiger partial charge in [-0.3, -0.25) is 14.4 Å². The maximum Gasteiger partial charge on any atom is 0.347 e. The van der Waals surface area contributed by atoms with Crippen LogP contribution in [0, 0.1) is 0 Å². The van der Waals surface area contributed by atoms with Crippen LogP contribution in [0.2, 0.25) is 0 Å². The fraction of sp³-hybridized carbons (Fsp3) is 0.167. The molecule has 1 heterocycles. The highest BCUT2D eigenvalue weighted by Crippen LogP contribution is 2.26. The number of anilines is 1. The Balaban J connectivity index is 2.44. The van der Waals surface area contributed by atoms with Gasteiger partial charge in [-0.05, 0) is 12.1 Å². The molecule has 0 spiro atoms. The normalized spacial score (nSPS) is 14.8. The first kappa shape index (κ1) is 12.0. The summed E-state index contributed by atoms with van der Waals surface area (Å²) < 4.78 is 4.23. The molecular weight excluding hydrogens is 238 g/mol. The number of para-hydroxylation sites is 1. The third kappa shape index (κ3) is 2.00. The first-order valence-corrected chi connectivity index (χ1v) is 5.24. The lowest BCUT2D eigenvalue weighted by Crippen LogP contribution is -2.30. The molecule has 0 saturated carbocycles. The molecule has 0 unspecified atom stereocenters. The molecule has 0 N–H and O–H groups in total. The topological polar surface area (TPSA) is 80.8 Å². The van der Waals surface area contributed by atoms with Gasteiger partial charge in [0.05, 0.1) is 11.3 Å². The van der Waals surface area contributed by atoms with E-state index in [9.17, 15) is 19.2 Å². The van der Waals surface area contributed by atoms with E-state index in [4.69, 9.17) is 0 Å². The van der Waals surface area contributed by atoms with E-state index in [0.29, 0.717) is 0 Å². The van der Waals surface area contributed by atoms with Gasteiger partial charge < -0.3 is 4.74 Å². The van der Waals surface area contributed by atoms with E-state index in [1.807, 2.05) is 0 Å². The molecule has 1 aromatic carbocycles. The zero-order valence-corrected chi connectivity index (χ0v) is 9.29. The highest BCUT2D eigenvalue weighted by molar-refractivity contribution is 6.22. The fourth-order valence-corrected chi connectivity index (χ4v) is 1.79. The van der Waals surface area contributed by atoms with Crippen molar-refractivity contribution in [2.75, 3.05) is 4.90 Å². The lowest BCUT2D eigenvalue weighted by Gasteiger charge is -2.16. The Bertz CT molecular complexity index is 521. The van der Waals surface area contributed by atoms with E-state index >= 15 is 0 Å². The Morgan fingerprint density at radius 3 is 2.39 bits per heavy atom. The Morgan fingerprint density at radius 1 is 1.17 bits per heavy atom. The minimum Gasteiger partial charge on any atom is -0.392 e. The van der Waals surface area contributed by atoms with Crippen LogP contribution in [-0.4, -0.2) is 24.3 Å². The van der Waals surface area contributed by atoms with Gasteiger partial charge in [0.1, 0.15) is 0 Å². The van der Waals surface area contributed by atoms with Gasteiger partial charge in [-0.25, -0.2) is 9.69 Å². The van der Waals surface area contributed by atoms with E-state index in [0.717, 1.165) is 4.90 Å². The number of carbonyl (C=O) groups is 4. The molecule has 1 fully saturated rings. The summed E-state index contributed by atoms with van der Waals surface area (Å²) in [5.41, 5.74) is 0.157. The van der Waals surface area contributed by atoms with Crippen molar-refractivity contribution in [3.8, 4) is 0 Å². The smallest absolute Gasteiger partial charge is 0.347 e. The number of carbonyl (C=O) groups excluding carboxylic acids is 4. The van der Waals surface area contributed by atoms with Crippen molar-refractivity contribution in [2.24, 2.45) is 0 Å². The van der Waals surface area contributed by atoms with Crippen LogP contribution < -0.4 is 4.90 Å². The molecule has 1 aliphatic heterocycles. The Hall–Kier alpha value is -2.50. The average Bonchev–Trinajstić information content (AvgIpc) is 2.69. The second-order valence-electron chi connectivity index (χ2n) is 3.64. The lowest BCUT2D eigenvalue weighted by atomic mass is 10.1. The standard InChI is InChI=1S/C12H9NO5/c14-7-18-12(17)8-3-1-2-4-9(8)13-10(15)5-6-11(13)16/h1-4,7H,5-6H2. The number of nitrogens with zero attached hydrogens (tertiary/aromatic N) is 1. The Kier molecular flexibility index (Phi) is 3.18. The molecule has 6 heteroatoms. The summed E-state index contributed by atoms with van der Waals surface area (Å²) in [5, 5.41) is 0. The molecule has 0 bridgehead atoms. The predicted octanol–water partition coefficient (Wildman–Crippen LogP) is 0.653. The van der Waals surface area contributed by atoms with Crippen LogP contribution in [0.25, 0.3) is 0 Å². The number of imide groups is 1. The summed E-state index contributed by atoms with van der Waals surface area (Å²) in [5.74, 6) is -1.63. The predicted molar refractivity (Wildman–Crippen MR) is 59.6 cm³/mol. The fourth-order valence-electron chi connectivity index (χ4n) is 1.79. The van der Waals surface area contributed by atoms with E-state index in [2.05, 4.69) is 4.74 Å². The zero-order valence-electron chi connectivity index (χ0n) is 9.29. The number of hydrogen-bond donors (Lipinski definition) is 0. The van der Waals surface area contributed by atoms with E-state index in [1.54, 1.807) is 12.1 Å². The van der Waals surface area contributed by atoms with E-state index in [-0.39, 0.29) is 42.4 Å². The third-order valence-electron chi connectivity index (χ3n) is 2.57. The monoisotopic (exact) mass is 247 g/mol. The van der Waals surface area contributed by atoms with Gasteiger partial charge in [-0.15, -0.1) is 0 Å². The molecule has 1 saturated heterocycles. The minimum absolute atomic E-state index is 0.00668. The Morgan fingerprint density at radius 2 is 1.78 bits per heavy atom. The van der Waals surface area contributed by atoms with Crippen molar-refractivity contribution in [2.45, 2.75) is 12.8 Å². The van der Waals surface area contributed by atoms with Crippen LogP contribution in [0.15, 0.2) is 24.3 Å². The molecule has 92 valence electrons. The number of esters is 1. The average molecular weight is 247 g/mol. The van der Waals surface area contributed by atoms with Crippen LogP contribution >= 0.6 is 0 Å². The third-order valence-corrected chi connectivity index (χ3v) is 2.57. The summed E-state index contributed by atoms with van der Waals surface area (Å²) in [6, 6.07) is 5.99. The molecule has 0 atom stereocenters. The maximum atomic E-state index is 11.6. The van der Waals surface area contributed by atoms with Crippen molar-refractivity contribution in [1.82, 2.24) is 0 Å². The number of hydrogen-bond acceptors (Lipinski definition) is 5. The van der Waals surface area contributed by atoms with Gasteiger partial charge in [0, 0.05) is 12.8 Å². The van der Waals surface area contributed by atoms with Crippen LogP contribution in [0.3, 0.4) is 0 Å². The summed E-state index contributed by atoms with van der Waals surface area (Å²) in [7, 11) is 0. The van der Waals surface area contributed by atoms with Crippen LogP contribution in [-0.2, 0) is 19.1 Å². The molecule has 0 radical (unpaired) electrons. The Labute approximate surface area is 102 Å². The molecule has 6 nitrogen and oxygen atoms in total. The first-order chi connectivity index (χ1) is 8.65. The number of ether oxygens (including phenoxy) is 1. The minimum atomic E-state index is -0.895. The van der Waals surface area contributed by atoms with Gasteiger partial charge in [-0.2, -0.15) is 0 Å². The molecule has 1 aromatic rings. The van der Waals surface area contributed by atoms with Crippen molar-refractivity contribution >= 4 is 29.9 Å². The van der Waals surface area contributed by atoms with Gasteiger partial charge in [-0.1, -0.05) is 12.1 Å². The summed E-state index contributed by atoms with van der Waals surface area (Å²) in [4.78, 5) is 45.8. The SMILES string of the molecule is O=COC(=O)c1ccccc1N1C(=O)CCC1=O. The zero-order chi connectivity index (χ0) is 13.1. The molecule has 1 aliphatic rings. The largest absolute Gasteiger partial charge is 0.392 e. The second kappa shape index (κ2) is 4.79. The number of rotatable bonds is 3. The van der Waals surface area contributed by atoms with E-state index < -0.39 is 5.97 Å². The first-order valence-electron chi connectivity index (χ1n) is 5.24. The molecule has 2 rings (SSSR count). The molecule has 2 amide bonds. The molecule has 0 aromatic heterocycles. The van der Waals surface area contributed by atoms with Crippen LogP contribution in [0.5, 0.6) is 0 Å². The van der Waals surface area contributed by atoms with Crippen molar-refractivity contribution in [3.05, 3.63) is 29.8 Å². The van der Waals surface area contributed by atoms with Gasteiger partial charge in [0.25, 0.3) is 0 Å². The lowest BCUT2D eigenvalue weighted by molar-refractivity contribution is -0.124. The van der Waals surface area contributed by atoms with Crippen molar-refractivity contribution in [3.63, 3.8) is 0 Å².